The molecular formula is C13H14N2OS. The minimum Gasteiger partial charge on any atom is -0.487 e. The average Bonchev–Trinajstić information content (AvgIpc) is 2.80. The van der Waals surface area contributed by atoms with Crippen LogP contribution in [0.1, 0.15) is 6.92 Å². The van der Waals surface area contributed by atoms with Crippen molar-refractivity contribution in [2.24, 2.45) is 0 Å². The monoisotopic (exact) mass is 246 g/mol. The van der Waals surface area contributed by atoms with E-state index in [0.717, 1.165) is 16.8 Å². The predicted molar refractivity (Wildman–Crippen MR) is 72.3 cm³/mol. The van der Waals surface area contributed by atoms with Gasteiger partial charge in [0.2, 0.25) is 0 Å². The molecule has 0 aliphatic rings. The van der Waals surface area contributed by atoms with E-state index in [4.69, 9.17) is 10.5 Å². The SMILES string of the molecule is C=C(C)COc1ccc(-c2cscn2)cc1N. The second kappa shape index (κ2) is 5.01. The molecule has 1 heterocycles. The third-order valence-corrected chi connectivity index (χ3v) is 2.80. The fourth-order valence-corrected chi connectivity index (χ4v) is 1.96. The van der Waals surface area contributed by atoms with E-state index >= 15 is 0 Å². The lowest BCUT2D eigenvalue weighted by Gasteiger charge is -2.09. The third-order valence-electron chi connectivity index (χ3n) is 2.21. The Morgan fingerprint density at radius 3 is 2.94 bits per heavy atom. The summed E-state index contributed by atoms with van der Waals surface area (Å²) >= 11 is 1.56. The zero-order valence-electron chi connectivity index (χ0n) is 9.64. The molecule has 0 aliphatic heterocycles. The number of benzene rings is 1. The lowest BCUT2D eigenvalue weighted by atomic mass is 10.1. The molecule has 0 atom stereocenters. The van der Waals surface area contributed by atoms with Gasteiger partial charge in [-0.2, -0.15) is 0 Å². The number of hydrogen-bond donors (Lipinski definition) is 1. The second-order valence-electron chi connectivity index (χ2n) is 3.87. The van der Waals surface area contributed by atoms with Gasteiger partial charge >= 0.3 is 0 Å². The summed E-state index contributed by atoms with van der Waals surface area (Å²) in [6.07, 6.45) is 0. The summed E-state index contributed by atoms with van der Waals surface area (Å²) in [4.78, 5) is 4.24. The molecule has 0 saturated carbocycles. The molecule has 17 heavy (non-hydrogen) atoms. The first kappa shape index (κ1) is 11.7. The molecule has 1 aromatic heterocycles. The van der Waals surface area contributed by atoms with Crippen molar-refractivity contribution >= 4 is 17.0 Å². The van der Waals surface area contributed by atoms with Gasteiger partial charge in [-0.25, -0.2) is 4.98 Å². The molecule has 2 rings (SSSR count). The Morgan fingerprint density at radius 1 is 1.53 bits per heavy atom. The van der Waals surface area contributed by atoms with Gasteiger partial charge < -0.3 is 10.5 Å². The molecule has 1 aromatic carbocycles. The van der Waals surface area contributed by atoms with Crippen LogP contribution in [0.25, 0.3) is 11.3 Å². The molecule has 2 N–H and O–H groups in total. The lowest BCUT2D eigenvalue weighted by Crippen LogP contribution is -2.00. The molecule has 4 heteroatoms. The van der Waals surface area contributed by atoms with Gasteiger partial charge in [0, 0.05) is 10.9 Å². The standard InChI is InChI=1S/C13H14N2OS/c1-9(2)6-16-13-4-3-10(5-11(13)14)12-7-17-8-15-12/h3-5,7-8H,1,6,14H2,2H3. The Bertz CT molecular complexity index is 520. The van der Waals surface area contributed by atoms with Crippen LogP contribution in [-0.2, 0) is 0 Å². The highest BCUT2D eigenvalue weighted by Crippen LogP contribution is 2.28. The van der Waals surface area contributed by atoms with Gasteiger partial charge in [0.1, 0.15) is 12.4 Å². The van der Waals surface area contributed by atoms with Crippen molar-refractivity contribution in [3.05, 3.63) is 41.2 Å². The Labute approximate surface area is 105 Å². The highest BCUT2D eigenvalue weighted by molar-refractivity contribution is 7.07. The normalized spacial score (nSPS) is 10.2. The zero-order valence-corrected chi connectivity index (χ0v) is 10.5. The van der Waals surface area contributed by atoms with Gasteiger partial charge in [-0.1, -0.05) is 6.58 Å². The number of nitrogen functional groups attached to an aromatic ring is 1. The minimum atomic E-state index is 0.486. The van der Waals surface area contributed by atoms with Crippen LogP contribution in [0.4, 0.5) is 5.69 Å². The molecule has 88 valence electrons. The molecule has 3 nitrogen and oxygen atoms in total. The van der Waals surface area contributed by atoms with Crippen molar-refractivity contribution in [3.63, 3.8) is 0 Å². The smallest absolute Gasteiger partial charge is 0.142 e. The van der Waals surface area contributed by atoms with Crippen LogP contribution < -0.4 is 10.5 Å². The largest absolute Gasteiger partial charge is 0.487 e. The van der Waals surface area contributed by atoms with Gasteiger partial charge in [0.15, 0.2) is 0 Å². The maximum Gasteiger partial charge on any atom is 0.142 e. The maximum absolute atomic E-state index is 5.93. The molecule has 0 spiro atoms. The number of nitrogens with zero attached hydrogens (tertiary/aromatic N) is 1. The van der Waals surface area contributed by atoms with Crippen molar-refractivity contribution in [1.29, 1.82) is 0 Å². The fraction of sp³-hybridized carbons (Fsp3) is 0.154. The average molecular weight is 246 g/mol. The van der Waals surface area contributed by atoms with Crippen molar-refractivity contribution in [2.75, 3.05) is 12.3 Å². The number of thiazole rings is 1. The molecule has 0 unspecified atom stereocenters. The summed E-state index contributed by atoms with van der Waals surface area (Å²) in [7, 11) is 0. The van der Waals surface area contributed by atoms with Gasteiger partial charge in [0.25, 0.3) is 0 Å². The van der Waals surface area contributed by atoms with E-state index in [1.807, 2.05) is 30.5 Å². The van der Waals surface area contributed by atoms with E-state index in [2.05, 4.69) is 11.6 Å². The van der Waals surface area contributed by atoms with E-state index in [1.54, 1.807) is 16.8 Å². The second-order valence-corrected chi connectivity index (χ2v) is 4.59. The summed E-state index contributed by atoms with van der Waals surface area (Å²) < 4.78 is 5.53. The van der Waals surface area contributed by atoms with Crippen molar-refractivity contribution in [2.45, 2.75) is 6.92 Å². The van der Waals surface area contributed by atoms with E-state index in [-0.39, 0.29) is 0 Å². The molecule has 0 radical (unpaired) electrons. The summed E-state index contributed by atoms with van der Waals surface area (Å²) in [5.41, 5.74) is 11.3. The third kappa shape index (κ3) is 2.85. The van der Waals surface area contributed by atoms with Gasteiger partial charge in [0.05, 0.1) is 16.9 Å². The maximum atomic E-state index is 5.93. The van der Waals surface area contributed by atoms with E-state index in [1.165, 1.54) is 0 Å². The number of hydrogen-bond acceptors (Lipinski definition) is 4. The zero-order chi connectivity index (χ0) is 12.3. The Balaban J connectivity index is 2.20. The van der Waals surface area contributed by atoms with Crippen LogP contribution in [0, 0.1) is 0 Å². The number of ether oxygens (including phenoxy) is 1. The number of aromatic nitrogens is 1. The Hall–Kier alpha value is -1.81. The first-order valence-electron chi connectivity index (χ1n) is 5.22. The molecule has 0 bridgehead atoms. The summed E-state index contributed by atoms with van der Waals surface area (Å²) in [6, 6.07) is 5.70. The summed E-state index contributed by atoms with van der Waals surface area (Å²) in [5.74, 6) is 0.687. The quantitative estimate of drug-likeness (QED) is 0.664. The first-order valence-corrected chi connectivity index (χ1v) is 6.16. The van der Waals surface area contributed by atoms with Crippen LogP contribution in [-0.4, -0.2) is 11.6 Å². The van der Waals surface area contributed by atoms with E-state index in [9.17, 15) is 0 Å². The number of nitrogens with two attached hydrogens (primary N) is 1. The molecule has 2 aromatic rings. The summed E-state index contributed by atoms with van der Waals surface area (Å²) in [6.45, 7) is 6.19. The van der Waals surface area contributed by atoms with E-state index in [0.29, 0.717) is 18.0 Å². The Kier molecular flexibility index (Phi) is 3.44. The lowest BCUT2D eigenvalue weighted by molar-refractivity contribution is 0.354. The highest BCUT2D eigenvalue weighted by atomic mass is 32.1. The molecule has 0 fully saturated rings. The predicted octanol–water partition coefficient (Wildman–Crippen LogP) is 3.35. The molecule has 0 amide bonds. The number of anilines is 1. The molecule has 0 saturated heterocycles. The van der Waals surface area contributed by atoms with Gasteiger partial charge in [-0.05, 0) is 30.7 Å². The van der Waals surface area contributed by atoms with Crippen LogP contribution in [0.15, 0.2) is 41.2 Å². The first-order chi connectivity index (χ1) is 8.16. The van der Waals surface area contributed by atoms with Gasteiger partial charge in [-0.3, -0.25) is 0 Å². The summed E-state index contributed by atoms with van der Waals surface area (Å²) in [5, 5.41) is 1.99. The highest BCUT2D eigenvalue weighted by Gasteiger charge is 2.05. The van der Waals surface area contributed by atoms with Crippen LogP contribution in [0.3, 0.4) is 0 Å². The minimum absolute atomic E-state index is 0.486. The van der Waals surface area contributed by atoms with Crippen molar-refractivity contribution in [3.8, 4) is 17.0 Å². The molecule has 0 aliphatic carbocycles. The fourth-order valence-electron chi connectivity index (χ4n) is 1.40. The Morgan fingerprint density at radius 2 is 2.35 bits per heavy atom. The van der Waals surface area contributed by atoms with Crippen LogP contribution >= 0.6 is 11.3 Å². The number of rotatable bonds is 4. The molecular weight excluding hydrogens is 232 g/mol. The van der Waals surface area contributed by atoms with Crippen LogP contribution in [0.2, 0.25) is 0 Å². The van der Waals surface area contributed by atoms with E-state index < -0.39 is 0 Å². The van der Waals surface area contributed by atoms with Crippen molar-refractivity contribution < 1.29 is 4.74 Å². The van der Waals surface area contributed by atoms with Crippen LogP contribution in [0.5, 0.6) is 5.75 Å². The van der Waals surface area contributed by atoms with Crippen molar-refractivity contribution in [1.82, 2.24) is 4.98 Å². The van der Waals surface area contributed by atoms with Gasteiger partial charge in [-0.15, -0.1) is 11.3 Å². The topological polar surface area (TPSA) is 48.1 Å².